The van der Waals surface area contributed by atoms with E-state index in [1.807, 2.05) is 0 Å². The average molecular weight is 1170 g/mol. The molecular weight excluding hydrogens is 1160 g/mol. The first kappa shape index (κ1) is 51.0. The zero-order valence-corrected chi connectivity index (χ0v) is 30.4. The molecule has 1 atom stereocenters. The van der Waals surface area contributed by atoms with Crippen molar-refractivity contribution in [1.82, 2.24) is 0 Å². The van der Waals surface area contributed by atoms with Crippen molar-refractivity contribution >= 4 is 9.90 Å². The van der Waals surface area contributed by atoms with Crippen molar-refractivity contribution in [3.05, 3.63) is 0 Å². The van der Waals surface area contributed by atoms with E-state index in [2.05, 4.69) is 0 Å². The van der Waals surface area contributed by atoms with E-state index in [-0.39, 0.29) is 90.1 Å². The molecule has 0 saturated heterocycles. The molecule has 24 heavy (non-hydrogen) atoms. The molecule has 0 N–H and O–H groups in total. The molecule has 0 aromatic carbocycles. The second-order valence-corrected chi connectivity index (χ2v) is 13.4. The van der Waals surface area contributed by atoms with Gasteiger partial charge in [-0.25, -0.2) is 0 Å². The van der Waals surface area contributed by atoms with Gasteiger partial charge in [-0.3, -0.25) is 0 Å². The molecule has 0 heterocycles. The van der Waals surface area contributed by atoms with E-state index in [0.29, 0.717) is 0 Å². The summed E-state index contributed by atoms with van der Waals surface area (Å²) in [6.07, 6.45) is 0. The van der Waals surface area contributed by atoms with Gasteiger partial charge in [-0.15, -0.1) is 0 Å². The van der Waals surface area contributed by atoms with Gasteiger partial charge < -0.3 is 0 Å². The van der Waals surface area contributed by atoms with Crippen LogP contribution in [0.5, 0.6) is 0 Å². The first-order valence-electron chi connectivity index (χ1n) is 2.67. The van der Waals surface area contributed by atoms with Gasteiger partial charge in [0.05, 0.1) is 0 Å². The zero-order chi connectivity index (χ0) is 18.0. The van der Waals surface area contributed by atoms with E-state index in [0.717, 1.165) is 0 Å². The molecule has 0 amide bonds. The second kappa shape index (κ2) is 23.2. The van der Waals surface area contributed by atoms with Gasteiger partial charge >= 0.3 is 183 Å². The molecule has 0 spiro atoms. The van der Waals surface area contributed by atoms with Crippen molar-refractivity contribution < 1.29 is 204 Å². The SMILES string of the molecule is P.[Mo].[Na+].[Na+].[O]=[W](=[O])([O-])[O-].[O]=[W](=[O])([O-])[O-].[O]=[W](=[O])([O-])[O-].[O]=[W](=[O])([O-])[O-]. The Morgan fingerprint density at radius 3 is 0.375 bits per heavy atom. The van der Waals surface area contributed by atoms with Crippen LogP contribution in [0.25, 0.3) is 0 Å². The third kappa shape index (κ3) is 1030. The van der Waals surface area contributed by atoms with Gasteiger partial charge in [0, 0.05) is 21.1 Å². The normalized spacial score (nSPS) is 9.67. The molecule has 0 radical (unpaired) electrons. The fraction of sp³-hybridized carbons (Fsp3) is 0. The minimum atomic E-state index is -6.17. The number of hydrogen-bond acceptors (Lipinski definition) is 16. The molecule has 0 aliphatic heterocycles. The Labute approximate surface area is 210 Å². The van der Waals surface area contributed by atoms with Gasteiger partial charge in [-0.1, -0.05) is 0 Å². The summed E-state index contributed by atoms with van der Waals surface area (Å²) in [5.41, 5.74) is 0. The third-order valence-corrected chi connectivity index (χ3v) is 0. The van der Waals surface area contributed by atoms with Gasteiger partial charge in [0.15, 0.2) is 0 Å². The Morgan fingerprint density at radius 2 is 0.375 bits per heavy atom. The maximum absolute atomic E-state index is 8.65. The molecule has 0 fully saturated rings. The van der Waals surface area contributed by atoms with Crippen LogP contribution in [-0.2, 0) is 115 Å². The van der Waals surface area contributed by atoms with Crippen molar-refractivity contribution in [2.75, 3.05) is 0 Å². The number of rotatable bonds is 0. The van der Waals surface area contributed by atoms with Crippen LogP contribution in [0.3, 0.4) is 0 Å². The standard InChI is InChI=1S/Mo.2Na.16O.H3P.4W/h;;;;;;;;;;;;;;;;;;;1H3;;;;/q;2*+1;;;;;;;;;8*-1;;;;;. The van der Waals surface area contributed by atoms with E-state index in [9.17, 15) is 0 Å². The fourth-order valence-electron chi connectivity index (χ4n) is 0. The Balaban J connectivity index is -0.0000000225. The van der Waals surface area contributed by atoms with Crippen molar-refractivity contribution in [3.63, 3.8) is 0 Å². The molecule has 142 valence electrons. The molecule has 0 rings (SSSR count). The summed E-state index contributed by atoms with van der Waals surface area (Å²) in [5, 5.41) is 0. The predicted octanol–water partition coefficient (Wildman–Crippen LogP) is -16.4. The monoisotopic (exact) mass is 1170 g/mol. The molecular formula is H3MoNa2O16PW4-6. The Kier molecular flexibility index (Phi) is 49.4. The number of hydrogen-bond donors (Lipinski definition) is 0. The van der Waals surface area contributed by atoms with Crippen molar-refractivity contribution in [2.24, 2.45) is 0 Å². The third-order valence-electron chi connectivity index (χ3n) is 0. The first-order chi connectivity index (χ1) is 8.00. The van der Waals surface area contributed by atoms with Crippen LogP contribution in [0.2, 0.25) is 0 Å². The van der Waals surface area contributed by atoms with Crippen molar-refractivity contribution in [2.45, 2.75) is 0 Å². The summed E-state index contributed by atoms with van der Waals surface area (Å²) in [6.45, 7) is 0. The van der Waals surface area contributed by atoms with E-state index in [1.54, 1.807) is 0 Å². The summed E-state index contributed by atoms with van der Waals surface area (Å²) in [6, 6.07) is 0. The van der Waals surface area contributed by atoms with Crippen LogP contribution < -0.4 is 89.2 Å². The molecule has 0 aromatic heterocycles. The Morgan fingerprint density at radius 1 is 0.375 bits per heavy atom. The van der Waals surface area contributed by atoms with Crippen LogP contribution >= 0.6 is 9.90 Å². The van der Waals surface area contributed by atoms with Crippen LogP contribution in [0.4, 0.5) is 0 Å². The molecule has 0 aliphatic rings. The average Bonchev–Trinajstić information content (AvgIpc) is 1.62. The van der Waals surface area contributed by atoms with Gasteiger partial charge in [0.25, 0.3) is 0 Å². The zero-order valence-electron chi connectivity index (χ0n) is 11.3. The van der Waals surface area contributed by atoms with Crippen LogP contribution in [-0.4, -0.2) is 0 Å². The van der Waals surface area contributed by atoms with Crippen LogP contribution in [0.1, 0.15) is 0 Å². The molecule has 1 unspecified atom stereocenters. The second-order valence-electron chi connectivity index (χ2n) is 1.63. The molecule has 0 saturated carbocycles. The summed E-state index contributed by atoms with van der Waals surface area (Å²) in [5.74, 6) is 0. The first-order valence-corrected chi connectivity index (χ1v) is 21.8. The van der Waals surface area contributed by atoms with E-state index in [1.165, 1.54) is 0 Å². The van der Waals surface area contributed by atoms with Crippen LogP contribution in [0.15, 0.2) is 0 Å². The van der Waals surface area contributed by atoms with Gasteiger partial charge in [-0.05, 0) is 0 Å². The fourth-order valence-corrected chi connectivity index (χ4v) is 0. The summed E-state index contributed by atoms with van der Waals surface area (Å²) >= 11 is -24.7. The Hall–Kier alpha value is 3.95. The summed E-state index contributed by atoms with van der Waals surface area (Å²) < 4.78 is 138. The topological polar surface area (TPSA) is 321 Å². The molecule has 0 aliphatic carbocycles. The quantitative estimate of drug-likeness (QED) is 0.161. The Bertz CT molecular complexity index is 489. The molecule has 0 bridgehead atoms. The van der Waals surface area contributed by atoms with Crippen molar-refractivity contribution in [3.8, 4) is 0 Å². The van der Waals surface area contributed by atoms with Crippen LogP contribution in [0, 0.1) is 0 Å². The van der Waals surface area contributed by atoms with Gasteiger partial charge in [0.1, 0.15) is 0 Å². The predicted molar refractivity (Wildman–Crippen MR) is 16.6 cm³/mol. The van der Waals surface area contributed by atoms with Gasteiger partial charge in [-0.2, -0.15) is 9.90 Å². The van der Waals surface area contributed by atoms with Gasteiger partial charge in [0.2, 0.25) is 0 Å². The summed E-state index contributed by atoms with van der Waals surface area (Å²) in [4.78, 5) is 0. The van der Waals surface area contributed by atoms with E-state index >= 15 is 0 Å². The molecule has 0 aromatic rings. The van der Waals surface area contributed by atoms with E-state index < -0.39 is 67.0 Å². The maximum atomic E-state index is 8.65. The minimum absolute atomic E-state index is 0. The molecule has 24 heteroatoms. The van der Waals surface area contributed by atoms with E-state index in [4.69, 9.17) is 57.3 Å². The van der Waals surface area contributed by atoms with Crippen molar-refractivity contribution in [1.29, 1.82) is 0 Å². The molecule has 16 nitrogen and oxygen atoms in total. The summed E-state index contributed by atoms with van der Waals surface area (Å²) in [7, 11) is 0.